The minimum Gasteiger partial charge on any atom is -0.330 e. The Bertz CT molecular complexity index is 721. The van der Waals surface area contributed by atoms with E-state index in [0.717, 1.165) is 11.6 Å². The molecule has 0 unspecified atom stereocenters. The predicted octanol–water partition coefficient (Wildman–Crippen LogP) is 4.44. The Hall–Kier alpha value is -1.63. The Morgan fingerprint density at radius 2 is 1.73 bits per heavy atom. The van der Waals surface area contributed by atoms with Crippen molar-refractivity contribution in [2.24, 2.45) is 11.7 Å². The Labute approximate surface area is 156 Å². The predicted molar refractivity (Wildman–Crippen MR) is 95.7 cm³/mol. The van der Waals surface area contributed by atoms with Crippen molar-refractivity contribution in [2.75, 3.05) is 19.6 Å². The molecule has 0 bridgehead atoms. The van der Waals surface area contributed by atoms with E-state index in [1.165, 1.54) is 6.07 Å². The third kappa shape index (κ3) is 4.55. The van der Waals surface area contributed by atoms with Gasteiger partial charge >= 0.3 is 6.18 Å². The lowest BCUT2D eigenvalue weighted by molar-refractivity contribution is -0.138. The van der Waals surface area contributed by atoms with Crippen LogP contribution in [0.4, 0.5) is 17.6 Å². The summed E-state index contributed by atoms with van der Waals surface area (Å²) < 4.78 is 52.8. The first-order valence-electron chi connectivity index (χ1n) is 8.21. The average molecular weight is 389 g/mol. The third-order valence-electron chi connectivity index (χ3n) is 4.82. The zero-order valence-corrected chi connectivity index (χ0v) is 14.9. The summed E-state index contributed by atoms with van der Waals surface area (Å²) in [5.74, 6) is -0.488. The molecule has 1 heterocycles. The van der Waals surface area contributed by atoms with Gasteiger partial charge in [0.15, 0.2) is 0 Å². The Morgan fingerprint density at radius 1 is 1.04 bits per heavy atom. The Kier molecular flexibility index (Phi) is 6.66. The maximum Gasteiger partial charge on any atom is 0.416 e. The average Bonchev–Trinajstić information content (AvgIpc) is 2.99. The molecule has 2 atom stereocenters. The second-order valence-corrected chi connectivity index (χ2v) is 6.51. The molecule has 7 heteroatoms. The van der Waals surface area contributed by atoms with Crippen molar-refractivity contribution in [3.63, 3.8) is 0 Å². The van der Waals surface area contributed by atoms with Gasteiger partial charge in [0.05, 0.1) is 5.56 Å². The van der Waals surface area contributed by atoms with Gasteiger partial charge in [0, 0.05) is 25.6 Å². The molecule has 1 fully saturated rings. The lowest BCUT2D eigenvalue weighted by Gasteiger charge is -2.19. The van der Waals surface area contributed by atoms with Crippen LogP contribution in [0, 0.1) is 11.7 Å². The number of nitrogens with zero attached hydrogens (tertiary/aromatic N) is 1. The quantitative estimate of drug-likeness (QED) is 0.784. The molecular formula is C19H21ClF4N2. The number of benzene rings is 2. The summed E-state index contributed by atoms with van der Waals surface area (Å²) in [6.45, 7) is 1.88. The fourth-order valence-electron chi connectivity index (χ4n) is 3.60. The number of hydrogen-bond donors (Lipinski definition) is 1. The first-order chi connectivity index (χ1) is 11.9. The summed E-state index contributed by atoms with van der Waals surface area (Å²) in [5, 5.41) is 0. The van der Waals surface area contributed by atoms with Gasteiger partial charge in [0.1, 0.15) is 5.82 Å². The van der Waals surface area contributed by atoms with E-state index in [1.54, 1.807) is 0 Å². The lowest BCUT2D eigenvalue weighted by Crippen LogP contribution is -2.24. The van der Waals surface area contributed by atoms with Gasteiger partial charge in [-0.3, -0.25) is 4.90 Å². The first kappa shape index (κ1) is 20.7. The van der Waals surface area contributed by atoms with E-state index in [4.69, 9.17) is 5.73 Å². The summed E-state index contributed by atoms with van der Waals surface area (Å²) in [6, 6.07) is 12.8. The Morgan fingerprint density at radius 3 is 2.35 bits per heavy atom. The fourth-order valence-corrected chi connectivity index (χ4v) is 3.60. The largest absolute Gasteiger partial charge is 0.416 e. The molecule has 142 valence electrons. The SMILES string of the molecule is Cl.NC[C@@H]1CN(Cc2ccc(F)cc2C(F)(F)F)C[C@H]1c1ccccc1. The fraction of sp³-hybridized carbons (Fsp3) is 0.368. The van der Waals surface area contributed by atoms with Gasteiger partial charge in [-0.15, -0.1) is 12.4 Å². The summed E-state index contributed by atoms with van der Waals surface area (Å²) in [7, 11) is 0. The minimum atomic E-state index is -4.57. The van der Waals surface area contributed by atoms with Gasteiger partial charge in [0.2, 0.25) is 0 Å². The molecule has 2 aromatic carbocycles. The standard InChI is InChI=1S/C19H20F4N2.ClH/c20-16-7-6-14(18(8-16)19(21,22)23)10-25-11-15(9-24)17(12-25)13-4-2-1-3-5-13;/h1-8,15,17H,9-12,24H2;1H/t15-,17+;/m1./s1. The van der Waals surface area contributed by atoms with Crippen LogP contribution in [-0.4, -0.2) is 24.5 Å². The molecule has 2 nitrogen and oxygen atoms in total. The second kappa shape index (κ2) is 8.37. The zero-order chi connectivity index (χ0) is 18.0. The van der Waals surface area contributed by atoms with Crippen LogP contribution in [0.5, 0.6) is 0 Å². The minimum absolute atomic E-state index is 0. The van der Waals surface area contributed by atoms with Crippen LogP contribution in [-0.2, 0) is 12.7 Å². The molecule has 26 heavy (non-hydrogen) atoms. The molecule has 3 rings (SSSR count). The molecule has 1 saturated heterocycles. The van der Waals surface area contributed by atoms with E-state index in [-0.39, 0.29) is 36.4 Å². The molecule has 0 aromatic heterocycles. The van der Waals surface area contributed by atoms with Crippen molar-refractivity contribution in [2.45, 2.75) is 18.6 Å². The van der Waals surface area contributed by atoms with E-state index >= 15 is 0 Å². The summed E-state index contributed by atoms with van der Waals surface area (Å²) in [4.78, 5) is 1.97. The van der Waals surface area contributed by atoms with E-state index in [1.807, 2.05) is 35.2 Å². The van der Waals surface area contributed by atoms with Crippen LogP contribution in [0.25, 0.3) is 0 Å². The van der Waals surface area contributed by atoms with Gasteiger partial charge < -0.3 is 5.73 Å². The maximum atomic E-state index is 13.3. The number of halogens is 5. The highest BCUT2D eigenvalue weighted by molar-refractivity contribution is 5.85. The highest BCUT2D eigenvalue weighted by atomic mass is 35.5. The molecule has 0 amide bonds. The first-order valence-corrected chi connectivity index (χ1v) is 8.21. The highest BCUT2D eigenvalue weighted by Crippen LogP contribution is 2.36. The number of likely N-dealkylation sites (tertiary alicyclic amines) is 1. The summed E-state index contributed by atoms with van der Waals surface area (Å²) >= 11 is 0. The van der Waals surface area contributed by atoms with Crippen molar-refractivity contribution >= 4 is 12.4 Å². The van der Waals surface area contributed by atoms with Gasteiger partial charge in [-0.25, -0.2) is 4.39 Å². The van der Waals surface area contributed by atoms with E-state index < -0.39 is 17.6 Å². The molecule has 0 saturated carbocycles. The van der Waals surface area contributed by atoms with Crippen LogP contribution >= 0.6 is 12.4 Å². The number of alkyl halides is 3. The van der Waals surface area contributed by atoms with Crippen LogP contribution in [0.2, 0.25) is 0 Å². The summed E-state index contributed by atoms with van der Waals surface area (Å²) in [6.07, 6.45) is -4.57. The Balaban J connectivity index is 0.00000243. The number of hydrogen-bond acceptors (Lipinski definition) is 2. The smallest absolute Gasteiger partial charge is 0.330 e. The van der Waals surface area contributed by atoms with Gasteiger partial charge in [0.25, 0.3) is 0 Å². The van der Waals surface area contributed by atoms with Crippen molar-refractivity contribution in [3.05, 3.63) is 71.0 Å². The number of rotatable bonds is 4. The molecule has 0 radical (unpaired) electrons. The maximum absolute atomic E-state index is 13.3. The van der Waals surface area contributed by atoms with Crippen LogP contribution in [0.1, 0.15) is 22.6 Å². The molecular weight excluding hydrogens is 368 g/mol. The van der Waals surface area contributed by atoms with Crippen molar-refractivity contribution < 1.29 is 17.6 Å². The van der Waals surface area contributed by atoms with Crippen LogP contribution in [0.15, 0.2) is 48.5 Å². The zero-order valence-electron chi connectivity index (χ0n) is 14.0. The van der Waals surface area contributed by atoms with E-state index in [9.17, 15) is 17.6 Å². The monoisotopic (exact) mass is 388 g/mol. The molecule has 0 spiro atoms. The highest BCUT2D eigenvalue weighted by Gasteiger charge is 2.36. The number of nitrogens with two attached hydrogens (primary N) is 1. The lowest BCUT2D eigenvalue weighted by atomic mass is 9.89. The van der Waals surface area contributed by atoms with Crippen LogP contribution < -0.4 is 5.73 Å². The van der Waals surface area contributed by atoms with Gasteiger partial charge in [-0.2, -0.15) is 13.2 Å². The van der Waals surface area contributed by atoms with Crippen LogP contribution in [0.3, 0.4) is 0 Å². The van der Waals surface area contributed by atoms with Gasteiger partial charge in [-0.05, 0) is 35.7 Å². The molecule has 1 aliphatic rings. The van der Waals surface area contributed by atoms with Gasteiger partial charge in [-0.1, -0.05) is 36.4 Å². The van der Waals surface area contributed by atoms with E-state index in [2.05, 4.69) is 0 Å². The van der Waals surface area contributed by atoms with Crippen molar-refractivity contribution in [1.29, 1.82) is 0 Å². The molecule has 2 aromatic rings. The molecule has 0 aliphatic carbocycles. The third-order valence-corrected chi connectivity index (χ3v) is 4.82. The second-order valence-electron chi connectivity index (χ2n) is 6.51. The normalized spacial score (nSPS) is 20.8. The van der Waals surface area contributed by atoms with Crippen molar-refractivity contribution in [1.82, 2.24) is 4.90 Å². The van der Waals surface area contributed by atoms with E-state index in [0.29, 0.717) is 25.7 Å². The topological polar surface area (TPSA) is 29.3 Å². The molecule has 2 N–H and O–H groups in total. The van der Waals surface area contributed by atoms with Crippen molar-refractivity contribution in [3.8, 4) is 0 Å². The molecule has 1 aliphatic heterocycles. The summed E-state index contributed by atoms with van der Waals surface area (Å²) in [5.41, 5.74) is 6.22.